The van der Waals surface area contributed by atoms with E-state index in [1.807, 2.05) is 18.4 Å². The minimum absolute atomic E-state index is 0.0828. The SMILES string of the molecule is CCc1cnc(NS(=O)(=O)c2cccc3sccc23)nc1. The van der Waals surface area contributed by atoms with E-state index in [2.05, 4.69) is 14.7 Å². The highest BCUT2D eigenvalue weighted by Gasteiger charge is 2.18. The predicted octanol–water partition coefficient (Wildman–Crippen LogP) is 3.05. The van der Waals surface area contributed by atoms with Gasteiger partial charge in [0.15, 0.2) is 0 Å². The number of fused-ring (bicyclic) bond motifs is 1. The molecule has 0 fully saturated rings. The third kappa shape index (κ3) is 2.74. The monoisotopic (exact) mass is 319 g/mol. The van der Waals surface area contributed by atoms with Crippen molar-refractivity contribution in [2.24, 2.45) is 0 Å². The molecule has 0 aliphatic rings. The Bertz CT molecular complexity index is 871. The lowest BCUT2D eigenvalue weighted by molar-refractivity contribution is 0.601. The third-order valence-corrected chi connectivity index (χ3v) is 5.35. The Morgan fingerprint density at radius 2 is 1.95 bits per heavy atom. The summed E-state index contributed by atoms with van der Waals surface area (Å²) in [6.45, 7) is 1.99. The van der Waals surface area contributed by atoms with Gasteiger partial charge in [-0.3, -0.25) is 0 Å². The zero-order valence-electron chi connectivity index (χ0n) is 11.3. The zero-order chi connectivity index (χ0) is 14.9. The van der Waals surface area contributed by atoms with Crippen molar-refractivity contribution in [2.45, 2.75) is 18.2 Å². The highest BCUT2D eigenvalue weighted by molar-refractivity contribution is 7.93. The molecule has 21 heavy (non-hydrogen) atoms. The standard InChI is InChI=1S/C14H13N3O2S2/c1-2-10-8-15-14(16-9-10)17-21(18,19)13-5-3-4-12-11(13)6-7-20-12/h3-9H,2H2,1H3,(H,15,16,17). The van der Waals surface area contributed by atoms with Crippen molar-refractivity contribution in [1.82, 2.24) is 9.97 Å². The molecule has 0 unspecified atom stereocenters. The van der Waals surface area contributed by atoms with Crippen molar-refractivity contribution in [3.05, 3.63) is 47.6 Å². The Labute approximate surface area is 126 Å². The smallest absolute Gasteiger partial charge is 0.247 e. The number of aromatic nitrogens is 2. The van der Waals surface area contributed by atoms with Crippen LogP contribution in [0.25, 0.3) is 10.1 Å². The summed E-state index contributed by atoms with van der Waals surface area (Å²) in [6, 6.07) is 7.01. The van der Waals surface area contributed by atoms with Gasteiger partial charge in [0.05, 0.1) is 4.90 Å². The molecular weight excluding hydrogens is 306 g/mol. The zero-order valence-corrected chi connectivity index (χ0v) is 12.9. The summed E-state index contributed by atoms with van der Waals surface area (Å²) < 4.78 is 28.3. The summed E-state index contributed by atoms with van der Waals surface area (Å²) in [7, 11) is -3.70. The van der Waals surface area contributed by atoms with Crippen LogP contribution in [0, 0.1) is 0 Å². The highest BCUT2D eigenvalue weighted by atomic mass is 32.2. The number of nitrogens with one attached hydrogen (secondary N) is 1. The van der Waals surface area contributed by atoms with E-state index in [1.165, 1.54) is 11.3 Å². The largest absolute Gasteiger partial charge is 0.264 e. The van der Waals surface area contributed by atoms with Gasteiger partial charge in [-0.1, -0.05) is 13.0 Å². The van der Waals surface area contributed by atoms with Crippen LogP contribution in [0.5, 0.6) is 0 Å². The van der Waals surface area contributed by atoms with Gasteiger partial charge < -0.3 is 0 Å². The molecule has 5 nitrogen and oxygen atoms in total. The van der Waals surface area contributed by atoms with Crippen LogP contribution in [-0.4, -0.2) is 18.4 Å². The predicted molar refractivity (Wildman–Crippen MR) is 84.0 cm³/mol. The first-order chi connectivity index (χ1) is 10.1. The van der Waals surface area contributed by atoms with Gasteiger partial charge in [-0.05, 0) is 35.6 Å². The fourth-order valence-corrected chi connectivity index (χ4v) is 4.02. The molecule has 0 aliphatic carbocycles. The second kappa shape index (κ2) is 5.42. The van der Waals surface area contributed by atoms with Crippen LogP contribution < -0.4 is 4.72 Å². The molecule has 0 amide bonds. The summed E-state index contributed by atoms with van der Waals surface area (Å²) >= 11 is 1.51. The Balaban J connectivity index is 1.98. The van der Waals surface area contributed by atoms with E-state index in [0.29, 0.717) is 5.39 Å². The summed E-state index contributed by atoms with van der Waals surface area (Å²) in [5.41, 5.74) is 0.956. The fourth-order valence-electron chi connectivity index (χ4n) is 1.97. The van der Waals surface area contributed by atoms with Crippen molar-refractivity contribution in [3.63, 3.8) is 0 Å². The van der Waals surface area contributed by atoms with E-state index in [0.717, 1.165) is 16.7 Å². The van der Waals surface area contributed by atoms with Gasteiger partial charge in [0.25, 0.3) is 10.0 Å². The topological polar surface area (TPSA) is 72.0 Å². The lowest BCUT2D eigenvalue weighted by Gasteiger charge is -2.08. The summed E-state index contributed by atoms with van der Waals surface area (Å²) in [5, 5.41) is 2.58. The first-order valence-corrected chi connectivity index (χ1v) is 8.76. The van der Waals surface area contributed by atoms with Gasteiger partial charge in [-0.2, -0.15) is 0 Å². The number of sulfonamides is 1. The first kappa shape index (κ1) is 14.0. The molecule has 1 aromatic carbocycles. The lowest BCUT2D eigenvalue weighted by atomic mass is 10.3. The van der Waals surface area contributed by atoms with Crippen molar-refractivity contribution in [2.75, 3.05) is 4.72 Å². The van der Waals surface area contributed by atoms with Gasteiger partial charge in [0.1, 0.15) is 0 Å². The van der Waals surface area contributed by atoms with Crippen LogP contribution in [0.2, 0.25) is 0 Å². The molecule has 0 radical (unpaired) electrons. The molecule has 3 rings (SSSR count). The maximum absolute atomic E-state index is 12.5. The van der Waals surface area contributed by atoms with E-state index in [1.54, 1.807) is 30.6 Å². The summed E-state index contributed by atoms with van der Waals surface area (Å²) in [5.74, 6) is 0.0828. The maximum Gasteiger partial charge on any atom is 0.264 e. The van der Waals surface area contributed by atoms with E-state index >= 15 is 0 Å². The average molecular weight is 319 g/mol. The normalized spacial score (nSPS) is 11.7. The van der Waals surface area contributed by atoms with Gasteiger partial charge >= 0.3 is 0 Å². The molecule has 7 heteroatoms. The van der Waals surface area contributed by atoms with Crippen molar-refractivity contribution >= 4 is 37.4 Å². The van der Waals surface area contributed by atoms with Crippen LogP contribution in [0.15, 0.2) is 46.9 Å². The molecule has 2 aromatic heterocycles. The van der Waals surface area contributed by atoms with Crippen molar-refractivity contribution in [3.8, 4) is 0 Å². The van der Waals surface area contributed by atoms with Gasteiger partial charge in [-0.25, -0.2) is 23.1 Å². The second-order valence-corrected chi connectivity index (χ2v) is 7.06. The molecular formula is C14H13N3O2S2. The molecule has 0 saturated carbocycles. The molecule has 2 heterocycles. The Kier molecular flexibility index (Phi) is 3.60. The second-order valence-electron chi connectivity index (χ2n) is 4.46. The molecule has 0 spiro atoms. The number of hydrogen-bond donors (Lipinski definition) is 1. The average Bonchev–Trinajstić information content (AvgIpc) is 2.95. The van der Waals surface area contributed by atoms with Crippen LogP contribution in [0.3, 0.4) is 0 Å². The molecule has 1 N–H and O–H groups in total. The van der Waals surface area contributed by atoms with Crippen LogP contribution >= 0.6 is 11.3 Å². The van der Waals surface area contributed by atoms with E-state index < -0.39 is 10.0 Å². The molecule has 0 atom stereocenters. The molecule has 0 bridgehead atoms. The Morgan fingerprint density at radius 3 is 2.67 bits per heavy atom. The molecule has 0 saturated heterocycles. The van der Waals surface area contributed by atoms with E-state index in [9.17, 15) is 8.42 Å². The number of benzene rings is 1. The van der Waals surface area contributed by atoms with Gasteiger partial charge in [-0.15, -0.1) is 11.3 Å². The lowest BCUT2D eigenvalue weighted by Crippen LogP contribution is -2.15. The van der Waals surface area contributed by atoms with Gasteiger partial charge in [0.2, 0.25) is 5.95 Å². The summed E-state index contributed by atoms with van der Waals surface area (Å²) in [4.78, 5) is 8.30. The Morgan fingerprint density at radius 1 is 1.19 bits per heavy atom. The number of rotatable bonds is 4. The number of anilines is 1. The third-order valence-electron chi connectivity index (χ3n) is 3.08. The quantitative estimate of drug-likeness (QED) is 0.802. The number of thiophene rings is 1. The van der Waals surface area contributed by atoms with Crippen LogP contribution in [0.4, 0.5) is 5.95 Å². The fraction of sp³-hybridized carbons (Fsp3) is 0.143. The number of aryl methyl sites for hydroxylation is 1. The Hall–Kier alpha value is -1.99. The molecule has 108 valence electrons. The van der Waals surface area contributed by atoms with E-state index in [-0.39, 0.29) is 10.8 Å². The maximum atomic E-state index is 12.5. The minimum Gasteiger partial charge on any atom is -0.247 e. The van der Waals surface area contributed by atoms with E-state index in [4.69, 9.17) is 0 Å². The van der Waals surface area contributed by atoms with Crippen molar-refractivity contribution in [1.29, 1.82) is 0 Å². The molecule has 3 aromatic rings. The van der Waals surface area contributed by atoms with Crippen LogP contribution in [-0.2, 0) is 16.4 Å². The molecule has 0 aliphatic heterocycles. The van der Waals surface area contributed by atoms with Crippen molar-refractivity contribution < 1.29 is 8.42 Å². The highest BCUT2D eigenvalue weighted by Crippen LogP contribution is 2.28. The first-order valence-electron chi connectivity index (χ1n) is 6.40. The van der Waals surface area contributed by atoms with Crippen LogP contribution in [0.1, 0.15) is 12.5 Å². The summed E-state index contributed by atoms with van der Waals surface area (Å²) in [6.07, 6.45) is 4.05. The number of nitrogens with zero attached hydrogens (tertiary/aromatic N) is 2. The van der Waals surface area contributed by atoms with Gasteiger partial charge in [0, 0.05) is 22.5 Å². The minimum atomic E-state index is -3.70. The number of hydrogen-bond acceptors (Lipinski definition) is 5.